The van der Waals surface area contributed by atoms with E-state index in [1.54, 1.807) is 36.5 Å². The Morgan fingerprint density at radius 1 is 1.16 bits per heavy atom. The number of hydrogen-bond acceptors (Lipinski definition) is 5. The molecule has 0 bridgehead atoms. The van der Waals surface area contributed by atoms with Crippen molar-refractivity contribution in [2.45, 2.75) is 36.8 Å². The fraction of sp³-hybridized carbons (Fsp3) is 0.333. The molecule has 0 spiro atoms. The molecule has 0 radical (unpaired) electrons. The predicted octanol–water partition coefficient (Wildman–Crippen LogP) is 5.41. The maximum Gasteiger partial charge on any atom is 0.416 e. The molecule has 1 fully saturated rings. The highest BCUT2D eigenvalue weighted by atomic mass is 32.2. The van der Waals surface area contributed by atoms with Crippen LogP contribution in [-0.2, 0) is 28.2 Å². The molecule has 10 heteroatoms. The molecular formula is C27H28F3N3O3S. The molecule has 1 saturated heterocycles. The number of pyridine rings is 1. The smallest absolute Gasteiger partial charge is 0.416 e. The third kappa shape index (κ3) is 6.49. The van der Waals surface area contributed by atoms with Gasteiger partial charge in [0.25, 0.3) is 0 Å². The van der Waals surface area contributed by atoms with Gasteiger partial charge in [-0.2, -0.15) is 13.2 Å². The second-order valence-corrected chi connectivity index (χ2v) is 10.5. The Kier molecular flexibility index (Phi) is 8.16. The maximum absolute atomic E-state index is 12.9. The van der Waals surface area contributed by atoms with E-state index < -0.39 is 22.5 Å². The summed E-state index contributed by atoms with van der Waals surface area (Å²) in [4.78, 5) is 19.8. The van der Waals surface area contributed by atoms with Crippen molar-refractivity contribution in [1.82, 2.24) is 4.98 Å². The van der Waals surface area contributed by atoms with E-state index >= 15 is 0 Å². The maximum atomic E-state index is 12.9. The Morgan fingerprint density at radius 2 is 1.86 bits per heavy atom. The molecule has 1 aromatic heterocycles. The summed E-state index contributed by atoms with van der Waals surface area (Å²) in [6.45, 7) is 3.13. The fourth-order valence-corrected chi connectivity index (χ4v) is 5.15. The molecule has 3 aromatic rings. The Labute approximate surface area is 216 Å². The lowest BCUT2D eigenvalue weighted by atomic mass is 9.97. The molecule has 2 heterocycles. The molecule has 1 amide bonds. The number of benzene rings is 2. The van der Waals surface area contributed by atoms with Crippen LogP contribution in [-0.4, -0.2) is 41.1 Å². The molecule has 2 unspecified atom stereocenters. The zero-order valence-corrected chi connectivity index (χ0v) is 21.4. The monoisotopic (exact) mass is 531 g/mol. The SMILES string of the molecule is CCS(=O)c1ccc(CC(=O)Nc2cnc(N3CCC(c4ccc(C(F)(F)F)cc4)C3)c(OC)c2)cc1. The molecule has 2 atom stereocenters. The number of ether oxygens (including phenoxy) is 1. The molecule has 37 heavy (non-hydrogen) atoms. The largest absolute Gasteiger partial charge is 0.493 e. The molecule has 0 aliphatic carbocycles. The highest BCUT2D eigenvalue weighted by Crippen LogP contribution is 2.36. The number of anilines is 2. The van der Waals surface area contributed by atoms with E-state index in [4.69, 9.17) is 4.74 Å². The minimum Gasteiger partial charge on any atom is -0.493 e. The first-order valence-electron chi connectivity index (χ1n) is 11.9. The Hall–Kier alpha value is -3.40. The van der Waals surface area contributed by atoms with Crippen LogP contribution < -0.4 is 15.0 Å². The molecule has 4 rings (SSSR count). The number of amides is 1. The van der Waals surface area contributed by atoms with Crippen LogP contribution in [0.5, 0.6) is 5.75 Å². The van der Waals surface area contributed by atoms with E-state index in [-0.39, 0.29) is 18.2 Å². The van der Waals surface area contributed by atoms with Crippen LogP contribution in [0.15, 0.2) is 65.7 Å². The van der Waals surface area contributed by atoms with E-state index in [1.807, 2.05) is 11.8 Å². The lowest BCUT2D eigenvalue weighted by molar-refractivity contribution is -0.137. The van der Waals surface area contributed by atoms with Crippen molar-refractivity contribution in [3.63, 3.8) is 0 Å². The second-order valence-electron chi connectivity index (χ2n) is 8.80. The molecule has 1 N–H and O–H groups in total. The number of halogens is 3. The van der Waals surface area contributed by atoms with Gasteiger partial charge < -0.3 is 15.0 Å². The zero-order chi connectivity index (χ0) is 26.6. The third-order valence-electron chi connectivity index (χ3n) is 6.35. The van der Waals surface area contributed by atoms with Crippen molar-refractivity contribution in [2.75, 3.05) is 36.2 Å². The first-order valence-corrected chi connectivity index (χ1v) is 13.2. The van der Waals surface area contributed by atoms with Crippen molar-refractivity contribution < 1.29 is 26.9 Å². The number of nitrogens with one attached hydrogen (secondary N) is 1. The van der Waals surface area contributed by atoms with Crippen molar-refractivity contribution in [3.8, 4) is 5.75 Å². The predicted molar refractivity (Wildman–Crippen MR) is 138 cm³/mol. The molecule has 196 valence electrons. The van der Waals surface area contributed by atoms with E-state index in [1.165, 1.54) is 19.2 Å². The van der Waals surface area contributed by atoms with Gasteiger partial charge in [0.1, 0.15) is 0 Å². The van der Waals surface area contributed by atoms with Crippen LogP contribution >= 0.6 is 0 Å². The highest BCUT2D eigenvalue weighted by molar-refractivity contribution is 7.85. The van der Waals surface area contributed by atoms with E-state index in [0.717, 1.165) is 34.6 Å². The van der Waals surface area contributed by atoms with Crippen molar-refractivity contribution in [1.29, 1.82) is 0 Å². The lowest BCUT2D eigenvalue weighted by Gasteiger charge is -2.21. The summed E-state index contributed by atoms with van der Waals surface area (Å²) >= 11 is 0. The van der Waals surface area contributed by atoms with E-state index in [2.05, 4.69) is 10.3 Å². The molecule has 2 aromatic carbocycles. The molecular weight excluding hydrogens is 503 g/mol. The summed E-state index contributed by atoms with van der Waals surface area (Å²) in [5.41, 5.74) is 1.49. The molecule has 1 aliphatic heterocycles. The van der Waals surface area contributed by atoms with Crippen LogP contribution in [0, 0.1) is 0 Å². The molecule has 6 nitrogen and oxygen atoms in total. The van der Waals surface area contributed by atoms with Crippen LogP contribution in [0.2, 0.25) is 0 Å². The summed E-state index contributed by atoms with van der Waals surface area (Å²) in [5, 5.41) is 2.83. The number of nitrogens with zero attached hydrogens (tertiary/aromatic N) is 2. The minimum atomic E-state index is -4.35. The van der Waals surface area contributed by atoms with Crippen molar-refractivity contribution in [3.05, 3.63) is 77.5 Å². The van der Waals surface area contributed by atoms with Gasteiger partial charge in [0.2, 0.25) is 5.91 Å². The number of methoxy groups -OCH3 is 1. The van der Waals surface area contributed by atoms with Crippen molar-refractivity contribution >= 4 is 28.2 Å². The first kappa shape index (κ1) is 26.7. The number of hydrogen-bond donors (Lipinski definition) is 1. The Morgan fingerprint density at radius 3 is 2.49 bits per heavy atom. The lowest BCUT2D eigenvalue weighted by Crippen LogP contribution is -2.21. The fourth-order valence-electron chi connectivity index (χ4n) is 4.38. The van der Waals surface area contributed by atoms with Gasteiger partial charge in [-0.25, -0.2) is 4.98 Å². The van der Waals surface area contributed by atoms with E-state index in [0.29, 0.717) is 36.1 Å². The van der Waals surface area contributed by atoms with Gasteiger partial charge >= 0.3 is 6.18 Å². The van der Waals surface area contributed by atoms with Gasteiger partial charge in [0.05, 0.1) is 41.8 Å². The first-order chi connectivity index (χ1) is 17.7. The van der Waals surface area contributed by atoms with Gasteiger partial charge in [-0.05, 0) is 41.8 Å². The van der Waals surface area contributed by atoms with Gasteiger partial charge in [-0.3, -0.25) is 9.00 Å². The summed E-state index contributed by atoms with van der Waals surface area (Å²) < 4.78 is 56.0. The van der Waals surface area contributed by atoms with Gasteiger partial charge in [-0.1, -0.05) is 31.2 Å². The summed E-state index contributed by atoms with van der Waals surface area (Å²) in [7, 11) is 0.490. The van der Waals surface area contributed by atoms with Gasteiger partial charge in [0, 0.05) is 35.7 Å². The zero-order valence-electron chi connectivity index (χ0n) is 20.5. The minimum absolute atomic E-state index is 0.0781. The Balaban J connectivity index is 1.39. The van der Waals surface area contributed by atoms with Gasteiger partial charge in [-0.15, -0.1) is 0 Å². The average Bonchev–Trinajstić information content (AvgIpc) is 3.38. The number of aromatic nitrogens is 1. The molecule has 1 aliphatic rings. The number of carbonyl (C=O) groups is 1. The third-order valence-corrected chi connectivity index (χ3v) is 7.67. The van der Waals surface area contributed by atoms with Crippen LogP contribution in [0.25, 0.3) is 0 Å². The quantitative estimate of drug-likeness (QED) is 0.421. The summed E-state index contributed by atoms with van der Waals surface area (Å²) in [5.74, 6) is 1.52. The summed E-state index contributed by atoms with van der Waals surface area (Å²) in [6, 6.07) is 14.2. The van der Waals surface area contributed by atoms with Crippen LogP contribution in [0.3, 0.4) is 0 Å². The van der Waals surface area contributed by atoms with Crippen LogP contribution in [0.4, 0.5) is 24.7 Å². The topological polar surface area (TPSA) is 71.5 Å². The number of carbonyl (C=O) groups excluding carboxylic acids is 1. The Bertz CT molecular complexity index is 1260. The number of rotatable bonds is 8. The highest BCUT2D eigenvalue weighted by Gasteiger charge is 2.31. The second kappa shape index (κ2) is 11.3. The standard InChI is InChI=1S/C27H28F3N3O3S/c1-3-37(35)23-10-4-18(5-11-23)14-25(34)32-22-15-24(36-2)26(31-16-22)33-13-12-20(17-33)19-6-8-21(9-7-19)27(28,29)30/h4-11,15-16,20H,3,12-14,17H2,1-2H3,(H,32,34). The summed E-state index contributed by atoms with van der Waals surface area (Å²) in [6.07, 6.45) is -1.85. The number of alkyl halides is 3. The van der Waals surface area contributed by atoms with Crippen LogP contribution in [0.1, 0.15) is 36.0 Å². The average molecular weight is 532 g/mol. The molecule has 0 saturated carbocycles. The van der Waals surface area contributed by atoms with Gasteiger partial charge in [0.15, 0.2) is 11.6 Å². The normalized spacial score (nSPS) is 16.5. The van der Waals surface area contributed by atoms with E-state index in [9.17, 15) is 22.2 Å². The van der Waals surface area contributed by atoms with Crippen molar-refractivity contribution in [2.24, 2.45) is 0 Å².